The van der Waals surface area contributed by atoms with Crippen molar-refractivity contribution >= 4 is 5.91 Å². The van der Waals surface area contributed by atoms with Crippen LogP contribution in [0.4, 0.5) is 0 Å². The van der Waals surface area contributed by atoms with Gasteiger partial charge < -0.3 is 14.8 Å². The molecule has 0 atom stereocenters. The fraction of sp³-hybridized carbons (Fsp3) is 0.917. The predicted octanol–water partition coefficient (Wildman–Crippen LogP) is 1.35. The Morgan fingerprint density at radius 2 is 2.12 bits per heavy atom. The molecule has 16 heavy (non-hydrogen) atoms. The molecule has 0 aromatic heterocycles. The molecular formula is C12H23NO3. The second-order valence-electron chi connectivity index (χ2n) is 4.57. The van der Waals surface area contributed by atoms with Crippen molar-refractivity contribution in [2.75, 3.05) is 33.5 Å². The van der Waals surface area contributed by atoms with Crippen molar-refractivity contribution in [3.8, 4) is 0 Å². The van der Waals surface area contributed by atoms with Gasteiger partial charge in [-0.1, -0.05) is 13.3 Å². The molecule has 1 rings (SSSR count). The number of nitrogens with one attached hydrogen (secondary N) is 1. The monoisotopic (exact) mass is 229 g/mol. The van der Waals surface area contributed by atoms with Gasteiger partial charge in [0.25, 0.3) is 0 Å². The fourth-order valence-corrected chi connectivity index (χ4v) is 1.87. The summed E-state index contributed by atoms with van der Waals surface area (Å²) < 4.78 is 9.97. The zero-order valence-corrected chi connectivity index (χ0v) is 10.4. The number of rotatable bonds is 9. The zero-order chi connectivity index (χ0) is 11.9. The number of carbonyl (C=O) groups excluding carboxylic acids is 1. The minimum atomic E-state index is -0.0153. The first-order valence-corrected chi connectivity index (χ1v) is 6.06. The van der Waals surface area contributed by atoms with E-state index in [4.69, 9.17) is 9.47 Å². The van der Waals surface area contributed by atoms with E-state index in [1.54, 1.807) is 7.11 Å². The lowest BCUT2D eigenvalue weighted by atomic mass is 10.0. The number of hydrogen-bond donors (Lipinski definition) is 1. The van der Waals surface area contributed by atoms with Gasteiger partial charge in [0, 0.05) is 13.7 Å². The van der Waals surface area contributed by atoms with Gasteiger partial charge in [-0.15, -0.1) is 0 Å². The molecule has 0 aliphatic heterocycles. The maximum Gasteiger partial charge on any atom is 0.246 e. The fourth-order valence-electron chi connectivity index (χ4n) is 1.87. The predicted molar refractivity (Wildman–Crippen MR) is 62.3 cm³/mol. The summed E-state index contributed by atoms with van der Waals surface area (Å²) in [6.45, 7) is 4.16. The number of methoxy groups -OCH3 is 1. The second-order valence-corrected chi connectivity index (χ2v) is 4.57. The molecule has 4 heteroatoms. The molecule has 0 aromatic rings. The average molecular weight is 229 g/mol. The minimum Gasteiger partial charge on any atom is -0.382 e. The van der Waals surface area contributed by atoms with E-state index in [9.17, 15) is 4.79 Å². The van der Waals surface area contributed by atoms with E-state index >= 15 is 0 Å². The molecule has 0 radical (unpaired) electrons. The Bertz CT molecular complexity index is 214. The van der Waals surface area contributed by atoms with E-state index in [0.717, 1.165) is 6.54 Å². The molecule has 0 unspecified atom stereocenters. The van der Waals surface area contributed by atoms with Gasteiger partial charge in [-0.05, 0) is 24.7 Å². The summed E-state index contributed by atoms with van der Waals surface area (Å²) >= 11 is 0. The van der Waals surface area contributed by atoms with Gasteiger partial charge in [0.2, 0.25) is 5.91 Å². The minimum absolute atomic E-state index is 0.0153. The number of amides is 1. The second kappa shape index (κ2) is 6.86. The van der Waals surface area contributed by atoms with Gasteiger partial charge in [0.05, 0.1) is 13.2 Å². The van der Waals surface area contributed by atoms with Crippen LogP contribution in [0.3, 0.4) is 0 Å². The smallest absolute Gasteiger partial charge is 0.246 e. The lowest BCUT2D eigenvalue weighted by molar-refractivity contribution is -0.126. The summed E-state index contributed by atoms with van der Waals surface area (Å²) in [5.41, 5.74) is 0.414. The normalized spacial score (nSPS) is 17.1. The van der Waals surface area contributed by atoms with Crippen LogP contribution < -0.4 is 5.32 Å². The van der Waals surface area contributed by atoms with Crippen LogP contribution in [0.2, 0.25) is 0 Å². The van der Waals surface area contributed by atoms with Crippen LogP contribution in [0.1, 0.15) is 32.6 Å². The Balaban J connectivity index is 2.02. The molecular weight excluding hydrogens is 206 g/mol. The summed E-state index contributed by atoms with van der Waals surface area (Å²) in [6, 6.07) is 0. The van der Waals surface area contributed by atoms with Crippen LogP contribution in [0.25, 0.3) is 0 Å². The Kier molecular flexibility index (Phi) is 5.77. The summed E-state index contributed by atoms with van der Waals surface area (Å²) in [5, 5.41) is 2.94. The lowest BCUT2D eigenvalue weighted by Crippen LogP contribution is -2.33. The summed E-state index contributed by atoms with van der Waals surface area (Å²) in [6.07, 6.45) is 4.93. The topological polar surface area (TPSA) is 47.6 Å². The SMILES string of the molecule is CCCC1(CNC(=O)COCCOC)CC1. The molecule has 1 aliphatic carbocycles. The van der Waals surface area contributed by atoms with Crippen LogP contribution in [0, 0.1) is 5.41 Å². The van der Waals surface area contributed by atoms with Crippen molar-refractivity contribution in [1.82, 2.24) is 5.32 Å². The van der Waals surface area contributed by atoms with E-state index in [-0.39, 0.29) is 12.5 Å². The molecule has 1 amide bonds. The third kappa shape index (κ3) is 4.94. The van der Waals surface area contributed by atoms with Gasteiger partial charge in [-0.2, -0.15) is 0 Å². The summed E-state index contributed by atoms with van der Waals surface area (Å²) in [4.78, 5) is 11.4. The molecule has 1 aliphatic rings. The summed E-state index contributed by atoms with van der Waals surface area (Å²) in [7, 11) is 1.62. The van der Waals surface area contributed by atoms with Gasteiger partial charge in [-0.3, -0.25) is 4.79 Å². The van der Waals surface area contributed by atoms with E-state index in [0.29, 0.717) is 18.6 Å². The van der Waals surface area contributed by atoms with Gasteiger partial charge in [-0.25, -0.2) is 0 Å². The summed E-state index contributed by atoms with van der Waals surface area (Å²) in [5.74, 6) is -0.0153. The Hall–Kier alpha value is -0.610. The van der Waals surface area contributed by atoms with E-state index in [1.807, 2.05) is 0 Å². The maximum absolute atomic E-state index is 11.4. The Morgan fingerprint density at radius 3 is 2.69 bits per heavy atom. The molecule has 1 fully saturated rings. The van der Waals surface area contributed by atoms with E-state index in [1.165, 1.54) is 25.7 Å². The van der Waals surface area contributed by atoms with E-state index in [2.05, 4.69) is 12.2 Å². The molecule has 0 bridgehead atoms. The lowest BCUT2D eigenvalue weighted by Gasteiger charge is -2.14. The third-order valence-electron chi connectivity index (χ3n) is 3.06. The molecule has 94 valence electrons. The van der Waals surface area contributed by atoms with Crippen molar-refractivity contribution < 1.29 is 14.3 Å². The van der Waals surface area contributed by atoms with Crippen molar-refractivity contribution in [2.24, 2.45) is 5.41 Å². The molecule has 1 saturated carbocycles. The third-order valence-corrected chi connectivity index (χ3v) is 3.06. The Labute approximate surface area is 97.7 Å². The highest BCUT2D eigenvalue weighted by atomic mass is 16.5. The highest BCUT2D eigenvalue weighted by molar-refractivity contribution is 5.77. The van der Waals surface area contributed by atoms with E-state index < -0.39 is 0 Å². The van der Waals surface area contributed by atoms with Crippen LogP contribution in [-0.4, -0.2) is 39.4 Å². The van der Waals surface area contributed by atoms with Crippen LogP contribution in [0.15, 0.2) is 0 Å². The molecule has 0 aromatic carbocycles. The zero-order valence-electron chi connectivity index (χ0n) is 10.4. The van der Waals surface area contributed by atoms with Crippen molar-refractivity contribution in [2.45, 2.75) is 32.6 Å². The quantitative estimate of drug-likeness (QED) is 0.607. The maximum atomic E-state index is 11.4. The molecule has 1 N–H and O–H groups in total. The standard InChI is InChI=1S/C12H23NO3/c1-3-4-12(5-6-12)10-13-11(14)9-16-8-7-15-2/h3-10H2,1-2H3,(H,13,14). The first-order valence-electron chi connectivity index (χ1n) is 6.06. The molecule has 0 spiro atoms. The van der Waals surface area contributed by atoms with Gasteiger partial charge in [0.15, 0.2) is 0 Å². The van der Waals surface area contributed by atoms with Crippen molar-refractivity contribution in [3.63, 3.8) is 0 Å². The largest absolute Gasteiger partial charge is 0.382 e. The van der Waals surface area contributed by atoms with Crippen molar-refractivity contribution in [3.05, 3.63) is 0 Å². The number of carbonyl (C=O) groups is 1. The molecule has 0 saturated heterocycles. The Morgan fingerprint density at radius 1 is 1.38 bits per heavy atom. The van der Waals surface area contributed by atoms with Crippen molar-refractivity contribution in [1.29, 1.82) is 0 Å². The number of hydrogen-bond acceptors (Lipinski definition) is 3. The van der Waals surface area contributed by atoms with Crippen LogP contribution in [-0.2, 0) is 14.3 Å². The highest BCUT2D eigenvalue weighted by Crippen LogP contribution is 2.48. The molecule has 4 nitrogen and oxygen atoms in total. The highest BCUT2D eigenvalue weighted by Gasteiger charge is 2.41. The first kappa shape index (κ1) is 13.5. The van der Waals surface area contributed by atoms with Crippen LogP contribution in [0.5, 0.6) is 0 Å². The number of ether oxygens (including phenoxy) is 2. The molecule has 0 heterocycles. The average Bonchev–Trinajstić information content (AvgIpc) is 3.03. The first-order chi connectivity index (χ1) is 7.72. The van der Waals surface area contributed by atoms with Gasteiger partial charge in [0.1, 0.15) is 6.61 Å². The van der Waals surface area contributed by atoms with Crippen LogP contribution >= 0.6 is 0 Å². The van der Waals surface area contributed by atoms with Gasteiger partial charge >= 0.3 is 0 Å².